The monoisotopic (exact) mass is 370 g/mol. The summed E-state index contributed by atoms with van der Waals surface area (Å²) in [6.45, 7) is 2.20. The van der Waals surface area contributed by atoms with Crippen molar-refractivity contribution < 1.29 is 14.3 Å². The summed E-state index contributed by atoms with van der Waals surface area (Å²) >= 11 is 0. The summed E-state index contributed by atoms with van der Waals surface area (Å²) in [5.74, 6) is -0.896. The van der Waals surface area contributed by atoms with E-state index in [9.17, 15) is 14.3 Å². The maximum atomic E-state index is 14.7. The minimum absolute atomic E-state index is 0.0950. The van der Waals surface area contributed by atoms with E-state index < -0.39 is 12.1 Å². The van der Waals surface area contributed by atoms with Gasteiger partial charge in [-0.15, -0.1) is 0 Å². The topological polar surface area (TPSA) is 37.3 Å². The maximum absolute atomic E-state index is 14.7. The molecule has 0 aliphatic rings. The Balaban J connectivity index is 1.99. The van der Waals surface area contributed by atoms with Crippen molar-refractivity contribution in [3.8, 4) is 11.1 Å². The standard InChI is InChI=1S/C24H31FO2/c1-2-3-4-5-6-7-11-14-23(25)20-15-16-22(19-12-9-8-10-13-19)21(17-20)18-24(26)27/h8-10,12-13,15-17,23H,2-7,11,14,18H2,1H3,(H,26,27). The molecule has 27 heavy (non-hydrogen) atoms. The summed E-state index contributed by atoms with van der Waals surface area (Å²) in [4.78, 5) is 11.3. The fourth-order valence-electron chi connectivity index (χ4n) is 3.46. The van der Waals surface area contributed by atoms with E-state index in [1.807, 2.05) is 36.4 Å². The molecule has 2 nitrogen and oxygen atoms in total. The summed E-state index contributed by atoms with van der Waals surface area (Å²) in [6, 6.07) is 15.1. The number of alkyl halides is 1. The Labute approximate surface area is 162 Å². The van der Waals surface area contributed by atoms with Crippen LogP contribution in [0, 0.1) is 0 Å². The van der Waals surface area contributed by atoms with Crippen molar-refractivity contribution >= 4 is 5.97 Å². The molecule has 0 bridgehead atoms. The molecule has 0 aliphatic heterocycles. The van der Waals surface area contributed by atoms with Crippen LogP contribution in [0.25, 0.3) is 11.1 Å². The first-order chi connectivity index (χ1) is 13.1. The maximum Gasteiger partial charge on any atom is 0.307 e. The second-order valence-corrected chi connectivity index (χ2v) is 7.23. The lowest BCUT2D eigenvalue weighted by Gasteiger charge is -2.14. The zero-order chi connectivity index (χ0) is 19.5. The lowest BCUT2D eigenvalue weighted by Crippen LogP contribution is -2.04. The van der Waals surface area contributed by atoms with Gasteiger partial charge in [0.1, 0.15) is 6.17 Å². The average molecular weight is 371 g/mol. The highest BCUT2D eigenvalue weighted by Gasteiger charge is 2.15. The summed E-state index contributed by atoms with van der Waals surface area (Å²) in [6.07, 6.45) is 7.52. The number of aliphatic carboxylic acids is 1. The Morgan fingerprint density at radius 2 is 1.63 bits per heavy atom. The highest BCUT2D eigenvalue weighted by atomic mass is 19.1. The Morgan fingerprint density at radius 1 is 0.963 bits per heavy atom. The van der Waals surface area contributed by atoms with Crippen molar-refractivity contribution in [1.29, 1.82) is 0 Å². The van der Waals surface area contributed by atoms with E-state index in [2.05, 4.69) is 6.92 Å². The quantitative estimate of drug-likeness (QED) is 0.403. The van der Waals surface area contributed by atoms with Crippen LogP contribution in [0.15, 0.2) is 48.5 Å². The van der Waals surface area contributed by atoms with Crippen molar-refractivity contribution in [2.24, 2.45) is 0 Å². The molecule has 146 valence electrons. The molecule has 1 unspecified atom stereocenters. The molecule has 0 aromatic heterocycles. The van der Waals surface area contributed by atoms with E-state index in [4.69, 9.17) is 0 Å². The van der Waals surface area contributed by atoms with Gasteiger partial charge in [0.05, 0.1) is 6.42 Å². The van der Waals surface area contributed by atoms with Crippen LogP contribution in [0.2, 0.25) is 0 Å². The number of halogens is 1. The van der Waals surface area contributed by atoms with Crippen molar-refractivity contribution in [3.63, 3.8) is 0 Å². The Bertz CT molecular complexity index is 697. The van der Waals surface area contributed by atoms with E-state index in [0.29, 0.717) is 17.5 Å². The molecule has 1 atom stereocenters. The van der Waals surface area contributed by atoms with Gasteiger partial charge in [-0.05, 0) is 28.7 Å². The fourth-order valence-corrected chi connectivity index (χ4v) is 3.46. The molecule has 0 saturated carbocycles. The van der Waals surface area contributed by atoms with E-state index in [-0.39, 0.29) is 6.42 Å². The zero-order valence-electron chi connectivity index (χ0n) is 16.3. The van der Waals surface area contributed by atoms with Gasteiger partial charge >= 0.3 is 5.97 Å². The van der Waals surface area contributed by atoms with E-state index >= 15 is 0 Å². The van der Waals surface area contributed by atoms with Crippen molar-refractivity contribution in [2.75, 3.05) is 0 Å². The molecular weight excluding hydrogens is 339 g/mol. The van der Waals surface area contributed by atoms with Crippen molar-refractivity contribution in [1.82, 2.24) is 0 Å². The molecule has 3 heteroatoms. The van der Waals surface area contributed by atoms with Gasteiger partial charge in [-0.2, -0.15) is 0 Å². The molecule has 0 aliphatic carbocycles. The molecule has 0 saturated heterocycles. The number of carboxylic acid groups (broad SMARTS) is 1. The van der Waals surface area contributed by atoms with Crippen LogP contribution >= 0.6 is 0 Å². The molecule has 0 heterocycles. The highest BCUT2D eigenvalue weighted by molar-refractivity contribution is 5.77. The SMILES string of the molecule is CCCCCCCCCC(F)c1ccc(-c2ccccc2)c(CC(=O)O)c1. The summed E-state index contributed by atoms with van der Waals surface area (Å²) < 4.78 is 14.7. The predicted molar refractivity (Wildman–Crippen MR) is 110 cm³/mol. The Hall–Kier alpha value is -2.16. The molecule has 1 N–H and O–H groups in total. The first kappa shape index (κ1) is 21.1. The highest BCUT2D eigenvalue weighted by Crippen LogP contribution is 2.30. The molecule has 0 spiro atoms. The van der Waals surface area contributed by atoms with Gasteiger partial charge in [-0.3, -0.25) is 4.79 Å². The van der Waals surface area contributed by atoms with Gasteiger partial charge in [-0.25, -0.2) is 4.39 Å². The van der Waals surface area contributed by atoms with E-state index in [0.717, 1.165) is 24.0 Å². The second kappa shape index (κ2) is 11.5. The van der Waals surface area contributed by atoms with Gasteiger partial charge in [-0.1, -0.05) is 100 Å². The van der Waals surface area contributed by atoms with Crippen LogP contribution in [0.4, 0.5) is 4.39 Å². The lowest BCUT2D eigenvalue weighted by molar-refractivity contribution is -0.136. The molecule has 0 fully saturated rings. The number of carbonyl (C=O) groups is 1. The number of rotatable bonds is 12. The van der Waals surface area contributed by atoms with Crippen LogP contribution in [-0.4, -0.2) is 11.1 Å². The normalized spacial score (nSPS) is 12.1. The summed E-state index contributed by atoms with van der Waals surface area (Å²) in [5, 5.41) is 9.24. The minimum Gasteiger partial charge on any atom is -0.481 e. The summed E-state index contributed by atoms with van der Waals surface area (Å²) in [7, 11) is 0. The number of unbranched alkanes of at least 4 members (excludes halogenated alkanes) is 6. The molecule has 0 radical (unpaired) electrons. The zero-order valence-corrected chi connectivity index (χ0v) is 16.3. The van der Waals surface area contributed by atoms with Crippen molar-refractivity contribution in [3.05, 3.63) is 59.7 Å². The molecule has 0 amide bonds. The van der Waals surface area contributed by atoms with Gasteiger partial charge in [0, 0.05) is 0 Å². The number of hydrogen-bond donors (Lipinski definition) is 1. The van der Waals surface area contributed by atoms with Crippen LogP contribution in [0.1, 0.15) is 75.6 Å². The van der Waals surface area contributed by atoms with E-state index in [1.165, 1.54) is 32.1 Å². The Kier molecular flexibility index (Phi) is 9.03. The first-order valence-electron chi connectivity index (χ1n) is 10.2. The van der Waals surface area contributed by atoms with Gasteiger partial charge in [0.15, 0.2) is 0 Å². The Morgan fingerprint density at radius 3 is 2.30 bits per heavy atom. The lowest BCUT2D eigenvalue weighted by atomic mass is 9.93. The van der Waals surface area contributed by atoms with Gasteiger partial charge in [0.25, 0.3) is 0 Å². The third kappa shape index (κ3) is 7.16. The third-order valence-corrected chi connectivity index (χ3v) is 4.98. The van der Waals surface area contributed by atoms with Crippen LogP contribution in [0.5, 0.6) is 0 Å². The van der Waals surface area contributed by atoms with E-state index in [1.54, 1.807) is 12.1 Å². The fraction of sp³-hybridized carbons (Fsp3) is 0.458. The number of benzene rings is 2. The third-order valence-electron chi connectivity index (χ3n) is 4.98. The van der Waals surface area contributed by atoms with Crippen molar-refractivity contribution in [2.45, 2.75) is 70.9 Å². The molecular formula is C24H31FO2. The second-order valence-electron chi connectivity index (χ2n) is 7.23. The van der Waals surface area contributed by atoms with Gasteiger partial charge in [0.2, 0.25) is 0 Å². The average Bonchev–Trinajstić information content (AvgIpc) is 2.67. The molecule has 2 aromatic rings. The summed E-state index contributed by atoms with van der Waals surface area (Å²) in [5.41, 5.74) is 3.10. The largest absolute Gasteiger partial charge is 0.481 e. The van der Waals surface area contributed by atoms with Crippen LogP contribution in [-0.2, 0) is 11.2 Å². The molecule has 2 aromatic carbocycles. The smallest absolute Gasteiger partial charge is 0.307 e. The van der Waals surface area contributed by atoms with Crippen LogP contribution < -0.4 is 0 Å². The minimum atomic E-state index is -1.03. The van der Waals surface area contributed by atoms with Crippen LogP contribution in [0.3, 0.4) is 0 Å². The number of hydrogen-bond acceptors (Lipinski definition) is 1. The van der Waals surface area contributed by atoms with Gasteiger partial charge < -0.3 is 5.11 Å². The first-order valence-corrected chi connectivity index (χ1v) is 10.2. The predicted octanol–water partition coefficient (Wildman–Crippen LogP) is 7.13. The molecule has 2 rings (SSSR count). The number of carboxylic acids is 1.